The quantitative estimate of drug-likeness (QED) is 0.860. The molecule has 0 bridgehead atoms. The Morgan fingerprint density at radius 1 is 1.67 bits per heavy atom. The number of nitrogens with zero attached hydrogens (tertiary/aromatic N) is 1. The largest absolute Gasteiger partial charge is 0.495 e. The molecular weight excluding hydrogens is 274 g/mol. The van der Waals surface area contributed by atoms with E-state index in [1.54, 1.807) is 0 Å². The molecule has 0 spiro atoms. The van der Waals surface area contributed by atoms with Gasteiger partial charge in [-0.15, -0.1) is 0 Å². The van der Waals surface area contributed by atoms with Crippen LogP contribution in [-0.2, 0) is 0 Å². The van der Waals surface area contributed by atoms with E-state index < -0.39 is 18.0 Å². The van der Waals surface area contributed by atoms with Crippen LogP contribution < -0.4 is 10.5 Å². The van der Waals surface area contributed by atoms with Gasteiger partial charge in [0.15, 0.2) is 0 Å². The van der Waals surface area contributed by atoms with E-state index in [1.165, 1.54) is 7.11 Å². The molecule has 1 aromatic heterocycles. The highest BCUT2D eigenvalue weighted by atomic mass is 79.9. The van der Waals surface area contributed by atoms with E-state index in [0.717, 1.165) is 6.07 Å². The lowest BCUT2D eigenvalue weighted by molar-refractivity contribution is 0.0997. The average molecular weight is 281 g/mol. The predicted molar refractivity (Wildman–Crippen MR) is 52.0 cm³/mol. The Balaban J connectivity index is 3.35. The normalized spacial score (nSPS) is 10.5. The number of hydrogen-bond acceptors (Lipinski definition) is 3. The zero-order valence-corrected chi connectivity index (χ0v) is 9.22. The van der Waals surface area contributed by atoms with Crippen LogP contribution in [0.1, 0.15) is 22.5 Å². The highest BCUT2D eigenvalue weighted by molar-refractivity contribution is 9.10. The number of nitrogens with two attached hydrogens (primary N) is 1. The minimum absolute atomic E-state index is 0.00347. The Hall–Kier alpha value is -1.24. The van der Waals surface area contributed by atoms with Crippen molar-refractivity contribution in [1.82, 2.24) is 4.98 Å². The first kappa shape index (κ1) is 11.8. The lowest BCUT2D eigenvalue weighted by atomic mass is 10.2. The van der Waals surface area contributed by atoms with Gasteiger partial charge in [0.2, 0.25) is 0 Å². The van der Waals surface area contributed by atoms with E-state index >= 15 is 0 Å². The molecule has 0 fully saturated rings. The summed E-state index contributed by atoms with van der Waals surface area (Å²) in [5.74, 6) is -0.935. The number of ether oxygens (including phenoxy) is 1. The van der Waals surface area contributed by atoms with Crippen LogP contribution in [0.5, 0.6) is 5.75 Å². The summed E-state index contributed by atoms with van der Waals surface area (Å²) < 4.78 is 29.6. The number of methoxy groups -OCH3 is 1. The molecule has 0 aromatic carbocycles. The van der Waals surface area contributed by atoms with E-state index in [-0.39, 0.29) is 15.9 Å². The van der Waals surface area contributed by atoms with Gasteiger partial charge in [-0.25, -0.2) is 13.8 Å². The minimum atomic E-state index is -2.78. The Labute approximate surface area is 92.6 Å². The van der Waals surface area contributed by atoms with Gasteiger partial charge in [0.25, 0.3) is 12.3 Å². The van der Waals surface area contributed by atoms with Gasteiger partial charge in [-0.05, 0) is 22.0 Å². The zero-order valence-electron chi connectivity index (χ0n) is 7.63. The van der Waals surface area contributed by atoms with Gasteiger partial charge >= 0.3 is 0 Å². The summed E-state index contributed by atoms with van der Waals surface area (Å²) in [4.78, 5) is 14.4. The van der Waals surface area contributed by atoms with E-state index in [2.05, 4.69) is 25.7 Å². The Kier molecular flexibility index (Phi) is 3.57. The molecule has 1 rings (SSSR count). The molecule has 0 aliphatic rings. The van der Waals surface area contributed by atoms with Crippen LogP contribution in [0, 0.1) is 0 Å². The third-order valence-corrected chi connectivity index (χ3v) is 2.27. The second-order valence-electron chi connectivity index (χ2n) is 2.58. The molecule has 0 saturated carbocycles. The molecule has 1 aromatic rings. The van der Waals surface area contributed by atoms with Crippen molar-refractivity contribution in [3.8, 4) is 5.75 Å². The van der Waals surface area contributed by atoms with Crippen molar-refractivity contribution in [2.45, 2.75) is 6.43 Å². The van der Waals surface area contributed by atoms with Gasteiger partial charge < -0.3 is 10.5 Å². The molecule has 82 valence electrons. The lowest BCUT2D eigenvalue weighted by Gasteiger charge is -2.09. The van der Waals surface area contributed by atoms with Crippen molar-refractivity contribution in [1.29, 1.82) is 0 Å². The molecule has 4 nitrogen and oxygen atoms in total. The van der Waals surface area contributed by atoms with E-state index in [0.29, 0.717) is 0 Å². The minimum Gasteiger partial charge on any atom is -0.495 e. The van der Waals surface area contributed by atoms with Gasteiger partial charge in [-0.3, -0.25) is 4.79 Å². The highest BCUT2D eigenvalue weighted by Crippen LogP contribution is 2.30. The van der Waals surface area contributed by atoms with Gasteiger partial charge in [-0.1, -0.05) is 0 Å². The predicted octanol–water partition coefficient (Wildman–Crippen LogP) is 1.89. The SMILES string of the molecule is COc1cc(C(N)=O)c(Br)nc1C(F)F. The molecule has 1 heterocycles. The summed E-state index contributed by atoms with van der Waals surface area (Å²) in [5, 5.41) is 0. The van der Waals surface area contributed by atoms with Crippen LogP contribution in [0.4, 0.5) is 8.78 Å². The van der Waals surface area contributed by atoms with Crippen molar-refractivity contribution < 1.29 is 18.3 Å². The van der Waals surface area contributed by atoms with Gasteiger partial charge in [0.1, 0.15) is 16.0 Å². The average Bonchev–Trinajstić information content (AvgIpc) is 2.16. The number of alkyl halides is 2. The second-order valence-corrected chi connectivity index (χ2v) is 3.33. The van der Waals surface area contributed by atoms with Crippen molar-refractivity contribution in [2.75, 3.05) is 7.11 Å². The molecule has 0 aliphatic heterocycles. The van der Waals surface area contributed by atoms with Crippen molar-refractivity contribution >= 4 is 21.8 Å². The summed E-state index contributed by atoms with van der Waals surface area (Å²) in [6.07, 6.45) is -2.78. The molecular formula is C8H7BrF2N2O2. The van der Waals surface area contributed by atoms with Crippen molar-refractivity contribution in [2.24, 2.45) is 5.73 Å². The summed E-state index contributed by atoms with van der Waals surface area (Å²) in [6, 6.07) is 1.13. The number of carbonyl (C=O) groups excluding carboxylic acids is 1. The van der Waals surface area contributed by atoms with Crippen LogP contribution in [0.2, 0.25) is 0 Å². The summed E-state index contributed by atoms with van der Waals surface area (Å²) in [7, 11) is 1.21. The second kappa shape index (κ2) is 4.52. The van der Waals surface area contributed by atoms with Crippen molar-refractivity contribution in [3.63, 3.8) is 0 Å². The van der Waals surface area contributed by atoms with E-state index in [1.807, 2.05) is 0 Å². The van der Waals surface area contributed by atoms with Crippen LogP contribution in [0.3, 0.4) is 0 Å². The van der Waals surface area contributed by atoms with Crippen LogP contribution >= 0.6 is 15.9 Å². The topological polar surface area (TPSA) is 65.2 Å². The fourth-order valence-corrected chi connectivity index (χ4v) is 1.48. The number of carbonyl (C=O) groups is 1. The molecule has 0 unspecified atom stereocenters. The zero-order chi connectivity index (χ0) is 11.6. The number of aromatic nitrogens is 1. The lowest BCUT2D eigenvalue weighted by Crippen LogP contribution is -2.13. The number of halogens is 3. The molecule has 0 atom stereocenters. The fourth-order valence-electron chi connectivity index (χ4n) is 0.978. The van der Waals surface area contributed by atoms with Gasteiger partial charge in [0.05, 0.1) is 12.7 Å². The molecule has 1 amide bonds. The molecule has 2 N–H and O–H groups in total. The first-order valence-electron chi connectivity index (χ1n) is 3.79. The maximum atomic E-state index is 12.4. The van der Waals surface area contributed by atoms with Crippen LogP contribution in [0.25, 0.3) is 0 Å². The maximum absolute atomic E-state index is 12.4. The van der Waals surface area contributed by atoms with Crippen molar-refractivity contribution in [3.05, 3.63) is 21.9 Å². The maximum Gasteiger partial charge on any atom is 0.284 e. The number of primary amides is 1. The summed E-state index contributed by atoms with van der Waals surface area (Å²) in [5.41, 5.74) is 4.48. The van der Waals surface area contributed by atoms with Gasteiger partial charge in [0, 0.05) is 0 Å². The van der Waals surface area contributed by atoms with Crippen LogP contribution in [-0.4, -0.2) is 18.0 Å². The smallest absolute Gasteiger partial charge is 0.284 e. The Bertz CT molecular complexity index is 398. The highest BCUT2D eigenvalue weighted by Gasteiger charge is 2.20. The summed E-state index contributed by atoms with van der Waals surface area (Å²) >= 11 is 2.88. The third kappa shape index (κ3) is 2.41. The molecule has 0 saturated heterocycles. The molecule has 0 aliphatic carbocycles. The Morgan fingerprint density at radius 3 is 2.67 bits per heavy atom. The molecule has 15 heavy (non-hydrogen) atoms. The number of amides is 1. The number of hydrogen-bond donors (Lipinski definition) is 1. The molecule has 7 heteroatoms. The summed E-state index contributed by atoms with van der Waals surface area (Å²) in [6.45, 7) is 0. The van der Waals surface area contributed by atoms with E-state index in [4.69, 9.17) is 5.73 Å². The number of pyridine rings is 1. The first-order chi connectivity index (χ1) is 6.97. The fraction of sp³-hybridized carbons (Fsp3) is 0.250. The van der Waals surface area contributed by atoms with Gasteiger partial charge in [-0.2, -0.15) is 0 Å². The monoisotopic (exact) mass is 280 g/mol. The van der Waals surface area contributed by atoms with E-state index in [9.17, 15) is 13.6 Å². The number of rotatable bonds is 3. The molecule has 0 radical (unpaired) electrons. The Morgan fingerprint density at radius 2 is 2.27 bits per heavy atom. The first-order valence-corrected chi connectivity index (χ1v) is 4.59. The standard InChI is InChI=1S/C8H7BrF2N2O2/c1-15-4-2-3(8(12)14)6(9)13-5(4)7(10)11/h2,7H,1H3,(H2,12,14). The third-order valence-electron chi connectivity index (χ3n) is 1.66. The van der Waals surface area contributed by atoms with Crippen LogP contribution in [0.15, 0.2) is 10.7 Å².